The zero-order chi connectivity index (χ0) is 11.5. The van der Waals surface area contributed by atoms with Crippen molar-refractivity contribution in [1.29, 1.82) is 0 Å². The molecule has 88 valence electrons. The van der Waals surface area contributed by atoms with Gasteiger partial charge in [-0.2, -0.15) is 0 Å². The number of unbranched alkanes of at least 4 members (excludes halogenated alkanes) is 4. The van der Waals surface area contributed by atoms with Crippen LogP contribution in [0.25, 0.3) is 0 Å². The summed E-state index contributed by atoms with van der Waals surface area (Å²) in [6.45, 7) is 1.87. The van der Waals surface area contributed by atoms with Crippen molar-refractivity contribution in [2.24, 2.45) is 5.73 Å². The van der Waals surface area contributed by atoms with E-state index in [1.165, 1.54) is 12.8 Å². The molecular formula is C10H20N2O3. The van der Waals surface area contributed by atoms with E-state index in [2.05, 4.69) is 17.2 Å². The molecular weight excluding hydrogens is 196 g/mol. The number of nitrogens with two attached hydrogens (primary N) is 1. The summed E-state index contributed by atoms with van der Waals surface area (Å²) < 4.78 is 0. The first kappa shape index (κ1) is 13.9. The van der Waals surface area contributed by atoms with Crippen molar-refractivity contribution in [3.63, 3.8) is 0 Å². The summed E-state index contributed by atoms with van der Waals surface area (Å²) in [5, 5.41) is 0. The van der Waals surface area contributed by atoms with Gasteiger partial charge in [-0.3, -0.25) is 14.4 Å². The summed E-state index contributed by atoms with van der Waals surface area (Å²) in [6, 6.07) is 0. The van der Waals surface area contributed by atoms with E-state index in [1.54, 1.807) is 0 Å². The Balaban J connectivity index is 3.22. The lowest BCUT2D eigenvalue weighted by molar-refractivity contribution is -0.138. The molecule has 0 aromatic rings. The number of hydrogen-bond acceptors (Lipinski definition) is 3. The zero-order valence-corrected chi connectivity index (χ0v) is 9.25. The minimum absolute atomic E-state index is 0.201. The molecule has 15 heavy (non-hydrogen) atoms. The third kappa shape index (κ3) is 10.8. The van der Waals surface area contributed by atoms with Crippen LogP contribution in [-0.4, -0.2) is 18.4 Å². The molecule has 3 N–H and O–H groups in total. The van der Waals surface area contributed by atoms with Gasteiger partial charge in [-0.25, -0.2) is 5.48 Å². The minimum atomic E-state index is -0.599. The molecule has 0 aliphatic carbocycles. The highest BCUT2D eigenvalue weighted by Crippen LogP contribution is 2.04. The Morgan fingerprint density at radius 2 is 1.87 bits per heavy atom. The highest BCUT2D eigenvalue weighted by molar-refractivity contribution is 5.76. The van der Waals surface area contributed by atoms with Crippen molar-refractivity contribution in [3.8, 4) is 0 Å². The van der Waals surface area contributed by atoms with Gasteiger partial charge in [0.15, 0.2) is 6.61 Å². The normalized spacial score (nSPS) is 9.93. The predicted molar refractivity (Wildman–Crippen MR) is 56.7 cm³/mol. The molecule has 0 saturated carbocycles. The maximum atomic E-state index is 11.1. The molecule has 0 aliphatic rings. The van der Waals surface area contributed by atoms with Crippen LogP contribution in [0.5, 0.6) is 0 Å². The van der Waals surface area contributed by atoms with Crippen LogP contribution in [0.4, 0.5) is 0 Å². The smallest absolute Gasteiger partial charge is 0.246 e. The van der Waals surface area contributed by atoms with Gasteiger partial charge in [-0.15, -0.1) is 0 Å². The van der Waals surface area contributed by atoms with Crippen molar-refractivity contribution in [3.05, 3.63) is 0 Å². The van der Waals surface area contributed by atoms with Gasteiger partial charge in [-0.05, 0) is 6.42 Å². The topological polar surface area (TPSA) is 81.4 Å². The van der Waals surface area contributed by atoms with Crippen molar-refractivity contribution in [2.45, 2.75) is 45.4 Å². The number of hydroxylamine groups is 1. The summed E-state index contributed by atoms with van der Waals surface area (Å²) in [5.41, 5.74) is 6.98. The third-order valence-electron chi connectivity index (χ3n) is 1.91. The maximum Gasteiger partial charge on any atom is 0.246 e. The monoisotopic (exact) mass is 216 g/mol. The Morgan fingerprint density at radius 1 is 1.20 bits per heavy atom. The first-order valence-electron chi connectivity index (χ1n) is 5.35. The van der Waals surface area contributed by atoms with Crippen LogP contribution < -0.4 is 11.2 Å². The van der Waals surface area contributed by atoms with E-state index in [4.69, 9.17) is 5.73 Å². The van der Waals surface area contributed by atoms with Gasteiger partial charge in [0, 0.05) is 6.42 Å². The predicted octanol–water partition coefficient (Wildman–Crippen LogP) is 0.880. The van der Waals surface area contributed by atoms with E-state index in [0.29, 0.717) is 6.42 Å². The van der Waals surface area contributed by atoms with Crippen LogP contribution in [0.3, 0.4) is 0 Å². The van der Waals surface area contributed by atoms with Crippen LogP contribution in [-0.2, 0) is 14.4 Å². The summed E-state index contributed by atoms with van der Waals surface area (Å²) in [4.78, 5) is 25.9. The van der Waals surface area contributed by atoms with Crippen molar-refractivity contribution < 1.29 is 14.4 Å². The Morgan fingerprint density at radius 3 is 2.47 bits per heavy atom. The molecule has 0 atom stereocenters. The highest BCUT2D eigenvalue weighted by atomic mass is 16.7. The average molecular weight is 216 g/mol. The van der Waals surface area contributed by atoms with Gasteiger partial charge < -0.3 is 5.73 Å². The van der Waals surface area contributed by atoms with Crippen LogP contribution >= 0.6 is 0 Å². The molecule has 0 bridgehead atoms. The first-order chi connectivity index (χ1) is 7.16. The van der Waals surface area contributed by atoms with Gasteiger partial charge in [0.05, 0.1) is 0 Å². The maximum absolute atomic E-state index is 11.1. The van der Waals surface area contributed by atoms with E-state index in [0.717, 1.165) is 19.3 Å². The zero-order valence-electron chi connectivity index (χ0n) is 9.25. The fourth-order valence-corrected chi connectivity index (χ4v) is 1.13. The second-order valence-corrected chi connectivity index (χ2v) is 3.44. The van der Waals surface area contributed by atoms with E-state index < -0.39 is 5.91 Å². The summed E-state index contributed by atoms with van der Waals surface area (Å²) >= 11 is 0. The van der Waals surface area contributed by atoms with Crippen molar-refractivity contribution in [2.75, 3.05) is 6.61 Å². The van der Waals surface area contributed by atoms with Crippen LogP contribution in [0, 0.1) is 0 Å². The first-order valence-corrected chi connectivity index (χ1v) is 5.35. The number of amides is 2. The standard InChI is InChI=1S/C10H20N2O3/c1-2-3-4-5-6-7-10(14)12-15-8-9(11)13/h2-8H2,1H3,(H2,11,13)(H,12,14). The van der Waals surface area contributed by atoms with Crippen molar-refractivity contribution in [1.82, 2.24) is 5.48 Å². The Labute approximate surface area is 90.3 Å². The van der Waals surface area contributed by atoms with E-state index >= 15 is 0 Å². The third-order valence-corrected chi connectivity index (χ3v) is 1.91. The summed E-state index contributed by atoms with van der Waals surface area (Å²) in [7, 11) is 0. The van der Waals surface area contributed by atoms with Gasteiger partial charge in [-0.1, -0.05) is 32.6 Å². The Bertz CT molecular complexity index is 195. The Hall–Kier alpha value is -1.10. The molecule has 5 heteroatoms. The van der Waals surface area contributed by atoms with E-state index in [1.807, 2.05) is 0 Å². The molecule has 5 nitrogen and oxygen atoms in total. The minimum Gasteiger partial charge on any atom is -0.368 e. The molecule has 0 saturated heterocycles. The number of nitrogens with one attached hydrogen (secondary N) is 1. The fourth-order valence-electron chi connectivity index (χ4n) is 1.13. The molecule has 0 radical (unpaired) electrons. The number of carbonyl (C=O) groups excluding carboxylic acids is 2. The molecule has 2 amide bonds. The second kappa shape index (κ2) is 9.45. The molecule has 0 aromatic carbocycles. The largest absolute Gasteiger partial charge is 0.368 e. The average Bonchev–Trinajstić information content (AvgIpc) is 2.17. The van der Waals surface area contributed by atoms with Crippen LogP contribution in [0.1, 0.15) is 45.4 Å². The Kier molecular flexibility index (Phi) is 8.76. The fraction of sp³-hybridized carbons (Fsp3) is 0.800. The lowest BCUT2D eigenvalue weighted by Gasteiger charge is -2.03. The van der Waals surface area contributed by atoms with E-state index in [9.17, 15) is 9.59 Å². The van der Waals surface area contributed by atoms with Crippen LogP contribution in [0.15, 0.2) is 0 Å². The quantitative estimate of drug-likeness (QED) is 0.443. The number of primary amides is 1. The molecule has 0 aliphatic heterocycles. The SMILES string of the molecule is CCCCCCCC(=O)NOCC(N)=O. The van der Waals surface area contributed by atoms with Crippen LogP contribution in [0.2, 0.25) is 0 Å². The van der Waals surface area contributed by atoms with Gasteiger partial charge in [0.2, 0.25) is 11.8 Å². The number of carbonyl (C=O) groups is 2. The molecule has 0 aromatic heterocycles. The molecule has 0 heterocycles. The molecule has 0 spiro atoms. The molecule has 0 unspecified atom stereocenters. The number of rotatable bonds is 9. The van der Waals surface area contributed by atoms with Gasteiger partial charge >= 0.3 is 0 Å². The highest BCUT2D eigenvalue weighted by Gasteiger charge is 2.01. The second-order valence-electron chi connectivity index (χ2n) is 3.44. The molecule has 0 fully saturated rings. The van der Waals surface area contributed by atoms with Crippen molar-refractivity contribution >= 4 is 11.8 Å². The molecule has 0 rings (SSSR count). The number of hydrogen-bond donors (Lipinski definition) is 2. The summed E-state index contributed by atoms with van der Waals surface area (Å²) in [6.07, 6.45) is 5.89. The lowest BCUT2D eigenvalue weighted by atomic mass is 10.1. The van der Waals surface area contributed by atoms with E-state index in [-0.39, 0.29) is 12.5 Å². The summed E-state index contributed by atoms with van der Waals surface area (Å²) in [5.74, 6) is -0.800. The van der Waals surface area contributed by atoms with Gasteiger partial charge in [0.25, 0.3) is 0 Å². The van der Waals surface area contributed by atoms with Gasteiger partial charge in [0.1, 0.15) is 0 Å². The lowest BCUT2D eigenvalue weighted by Crippen LogP contribution is -2.29.